The van der Waals surface area contributed by atoms with Crippen LogP contribution in [0.15, 0.2) is 0 Å². The first-order valence-electron chi connectivity index (χ1n) is 11.0. The minimum atomic E-state index is 1.01. The molecule has 24 heavy (non-hydrogen) atoms. The van der Waals surface area contributed by atoms with Crippen LogP contribution in [0.5, 0.6) is 0 Å². The van der Waals surface area contributed by atoms with Gasteiger partial charge in [-0.1, -0.05) is 26.7 Å². The zero-order valence-electron chi connectivity index (χ0n) is 16.8. The summed E-state index contributed by atoms with van der Waals surface area (Å²) in [5.74, 6) is 6.37. The highest BCUT2D eigenvalue weighted by Crippen LogP contribution is 2.62. The third kappa shape index (κ3) is 4.01. The maximum absolute atomic E-state index is 2.64. The van der Waals surface area contributed by atoms with E-state index in [0.29, 0.717) is 0 Å². The van der Waals surface area contributed by atoms with Crippen LogP contribution in [0.25, 0.3) is 0 Å². The van der Waals surface area contributed by atoms with E-state index >= 15 is 0 Å². The third-order valence-electron chi connectivity index (χ3n) is 7.67. The molecule has 0 amide bonds. The molecular weight excluding hydrogens is 292 g/mol. The molecule has 3 saturated carbocycles. The Morgan fingerprint density at radius 3 is 2.00 bits per heavy atom. The third-order valence-corrected chi connectivity index (χ3v) is 7.67. The van der Waals surface area contributed by atoms with E-state index in [0.717, 1.165) is 35.5 Å². The number of rotatable bonds is 10. The van der Waals surface area contributed by atoms with Crippen LogP contribution in [0.2, 0.25) is 0 Å². The van der Waals surface area contributed by atoms with Crippen LogP contribution in [-0.4, -0.2) is 50.1 Å². The molecule has 6 unspecified atom stereocenters. The van der Waals surface area contributed by atoms with Crippen LogP contribution in [-0.2, 0) is 0 Å². The van der Waals surface area contributed by atoms with Crippen LogP contribution >= 0.6 is 0 Å². The first-order chi connectivity index (χ1) is 11.6. The predicted molar refractivity (Wildman–Crippen MR) is 104 cm³/mol. The number of hydrogen-bond donors (Lipinski definition) is 0. The van der Waals surface area contributed by atoms with Crippen LogP contribution < -0.4 is 0 Å². The maximum Gasteiger partial charge on any atom is 0.000947 e. The molecule has 3 rings (SSSR count). The van der Waals surface area contributed by atoms with Crippen molar-refractivity contribution >= 4 is 0 Å². The van der Waals surface area contributed by atoms with Crippen molar-refractivity contribution in [1.29, 1.82) is 0 Å². The summed E-state index contributed by atoms with van der Waals surface area (Å²) < 4.78 is 0. The lowest BCUT2D eigenvalue weighted by Crippen LogP contribution is -2.38. The van der Waals surface area contributed by atoms with Crippen molar-refractivity contribution in [3.8, 4) is 0 Å². The summed E-state index contributed by atoms with van der Waals surface area (Å²) in [6.45, 7) is 10.00. The summed E-state index contributed by atoms with van der Waals surface area (Å²) in [6, 6.07) is 0. The molecule has 0 aliphatic heterocycles. The molecule has 0 heterocycles. The largest absolute Gasteiger partial charge is 0.306 e. The average Bonchev–Trinajstić information content (AvgIpc) is 3.24. The quantitative estimate of drug-likeness (QED) is 0.569. The van der Waals surface area contributed by atoms with E-state index < -0.39 is 0 Å². The number of nitrogens with zero attached hydrogens (tertiary/aromatic N) is 2. The second kappa shape index (κ2) is 8.54. The average molecular weight is 335 g/mol. The molecule has 140 valence electrons. The summed E-state index contributed by atoms with van der Waals surface area (Å²) in [4.78, 5) is 5.28. The van der Waals surface area contributed by atoms with E-state index in [1.807, 2.05) is 0 Å². The van der Waals surface area contributed by atoms with Crippen LogP contribution in [0, 0.1) is 35.5 Å². The van der Waals surface area contributed by atoms with Crippen molar-refractivity contribution in [2.24, 2.45) is 35.5 Å². The Bertz CT molecular complexity index is 382. The number of fused-ring (bicyclic) bond motifs is 5. The Labute approximate surface area is 151 Å². The summed E-state index contributed by atoms with van der Waals surface area (Å²) in [6.07, 6.45) is 11.6. The molecule has 0 N–H and O–H groups in total. The van der Waals surface area contributed by atoms with Crippen molar-refractivity contribution < 1.29 is 0 Å². The van der Waals surface area contributed by atoms with E-state index in [1.165, 1.54) is 58.3 Å². The Morgan fingerprint density at radius 2 is 1.38 bits per heavy atom. The summed E-state index contributed by atoms with van der Waals surface area (Å²) in [5.41, 5.74) is 0. The van der Waals surface area contributed by atoms with Crippen molar-refractivity contribution in [2.45, 2.75) is 65.2 Å². The molecule has 6 atom stereocenters. The highest BCUT2D eigenvalue weighted by atomic mass is 15.1. The number of unbranched alkanes of at least 4 members (excludes halogenated alkanes) is 2. The molecule has 2 nitrogen and oxygen atoms in total. The molecule has 0 spiro atoms. The lowest BCUT2D eigenvalue weighted by Gasteiger charge is -2.37. The van der Waals surface area contributed by atoms with Crippen LogP contribution in [0.4, 0.5) is 0 Å². The van der Waals surface area contributed by atoms with E-state index in [9.17, 15) is 0 Å². The normalized spacial score (nSPS) is 37.8. The van der Waals surface area contributed by atoms with E-state index in [1.54, 1.807) is 19.3 Å². The van der Waals surface area contributed by atoms with Crippen LogP contribution in [0.1, 0.15) is 65.2 Å². The van der Waals surface area contributed by atoms with Gasteiger partial charge in [-0.2, -0.15) is 0 Å². The van der Waals surface area contributed by atoms with Crippen molar-refractivity contribution in [3.05, 3.63) is 0 Å². The topological polar surface area (TPSA) is 6.48 Å². The molecule has 0 radical (unpaired) electrons. The molecule has 3 aliphatic carbocycles. The van der Waals surface area contributed by atoms with Crippen molar-refractivity contribution in [3.63, 3.8) is 0 Å². The van der Waals surface area contributed by atoms with Gasteiger partial charge in [0.2, 0.25) is 0 Å². The Balaban J connectivity index is 1.53. The minimum absolute atomic E-state index is 1.01. The van der Waals surface area contributed by atoms with E-state index in [-0.39, 0.29) is 0 Å². The minimum Gasteiger partial charge on any atom is -0.306 e. The highest BCUT2D eigenvalue weighted by Gasteiger charge is 2.56. The van der Waals surface area contributed by atoms with E-state index in [2.05, 4.69) is 37.7 Å². The van der Waals surface area contributed by atoms with Gasteiger partial charge in [0.25, 0.3) is 0 Å². The molecule has 3 aliphatic rings. The molecule has 2 heteroatoms. The molecule has 0 aromatic heterocycles. The van der Waals surface area contributed by atoms with Gasteiger partial charge in [0, 0.05) is 13.1 Å². The van der Waals surface area contributed by atoms with Gasteiger partial charge in [0.1, 0.15) is 0 Å². The first-order valence-corrected chi connectivity index (χ1v) is 11.0. The second-order valence-corrected chi connectivity index (χ2v) is 9.47. The van der Waals surface area contributed by atoms with Gasteiger partial charge in [-0.05, 0) is 101 Å². The highest BCUT2D eigenvalue weighted by molar-refractivity contribution is 5.06. The predicted octanol–water partition coefficient (Wildman–Crippen LogP) is 4.75. The Morgan fingerprint density at radius 1 is 0.750 bits per heavy atom. The van der Waals surface area contributed by atoms with Gasteiger partial charge in [-0.15, -0.1) is 0 Å². The van der Waals surface area contributed by atoms with Crippen LogP contribution in [0.3, 0.4) is 0 Å². The lowest BCUT2D eigenvalue weighted by atomic mass is 9.72. The van der Waals surface area contributed by atoms with Crippen molar-refractivity contribution in [2.75, 3.05) is 40.3 Å². The fraction of sp³-hybridized carbons (Fsp3) is 1.00. The second-order valence-electron chi connectivity index (χ2n) is 9.47. The van der Waals surface area contributed by atoms with Gasteiger partial charge < -0.3 is 9.80 Å². The zero-order valence-corrected chi connectivity index (χ0v) is 16.8. The fourth-order valence-electron chi connectivity index (χ4n) is 6.64. The van der Waals surface area contributed by atoms with Gasteiger partial charge >= 0.3 is 0 Å². The van der Waals surface area contributed by atoms with Gasteiger partial charge in [-0.3, -0.25) is 0 Å². The van der Waals surface area contributed by atoms with Gasteiger partial charge in [-0.25, -0.2) is 0 Å². The zero-order chi connectivity index (χ0) is 17.1. The van der Waals surface area contributed by atoms with Crippen molar-refractivity contribution in [1.82, 2.24) is 9.80 Å². The van der Waals surface area contributed by atoms with Gasteiger partial charge in [0.15, 0.2) is 0 Å². The smallest absolute Gasteiger partial charge is 0.000947 e. The summed E-state index contributed by atoms with van der Waals surface area (Å²) in [7, 11) is 4.73. The first kappa shape index (κ1) is 18.7. The summed E-state index contributed by atoms with van der Waals surface area (Å²) >= 11 is 0. The summed E-state index contributed by atoms with van der Waals surface area (Å²) in [5, 5.41) is 0. The van der Waals surface area contributed by atoms with E-state index in [4.69, 9.17) is 0 Å². The fourth-order valence-corrected chi connectivity index (χ4v) is 6.64. The standard InChI is InChI=1S/C22H42N2/c1-5-7-11-23(3)15-17-9-10-20-18-13-19(21(14-18)22(17)20)16-24(4)12-8-6-2/h17-22H,5-16H2,1-4H3. The molecule has 2 bridgehead atoms. The molecule has 0 saturated heterocycles. The monoisotopic (exact) mass is 334 g/mol. The lowest BCUT2D eigenvalue weighted by molar-refractivity contribution is 0.108. The molecule has 0 aromatic rings. The molecular formula is C22H42N2. The molecule has 3 fully saturated rings. The van der Waals surface area contributed by atoms with Gasteiger partial charge in [0.05, 0.1) is 0 Å². The SMILES string of the molecule is CCCCN(C)CC1CC2CC1C1C(CN(C)CCCC)CCC21. The number of hydrogen-bond acceptors (Lipinski definition) is 2. The molecule has 0 aromatic carbocycles. The Kier molecular flexibility index (Phi) is 6.65. The Hall–Kier alpha value is -0.0800. The maximum atomic E-state index is 2.64.